The molecule has 3 heterocycles. The summed E-state index contributed by atoms with van der Waals surface area (Å²) in [5.41, 5.74) is 0.940. The average molecular weight is 460 g/mol. The Morgan fingerprint density at radius 2 is 1.97 bits per heavy atom. The van der Waals surface area contributed by atoms with Crippen LogP contribution in [0.5, 0.6) is 0 Å². The van der Waals surface area contributed by atoms with Crippen LogP contribution in [0.25, 0.3) is 22.6 Å². The van der Waals surface area contributed by atoms with Crippen molar-refractivity contribution < 1.29 is 58.3 Å². The minimum atomic E-state index is -4.52. The average Bonchev–Trinajstić information content (AvgIpc) is 3.03. The van der Waals surface area contributed by atoms with Crippen molar-refractivity contribution in [2.45, 2.75) is 38.7 Å². The van der Waals surface area contributed by atoms with E-state index in [1.807, 2.05) is 18.8 Å². The van der Waals surface area contributed by atoms with Crippen molar-refractivity contribution in [1.82, 2.24) is 19.5 Å². The first kappa shape index (κ1) is 24.2. The number of rotatable bonds is 4. The molecular formula is C17H18N4NaO8P. The molecule has 1 unspecified atom stereocenters. The van der Waals surface area contributed by atoms with Crippen molar-refractivity contribution in [3.05, 3.63) is 44.1 Å². The van der Waals surface area contributed by atoms with Crippen LogP contribution >= 0.6 is 7.82 Å². The first-order valence-corrected chi connectivity index (χ1v) is 10.4. The predicted octanol–water partition coefficient (Wildman–Crippen LogP) is -4.19. The van der Waals surface area contributed by atoms with Crippen LogP contribution in [0.4, 0.5) is 0 Å². The normalized spacial score (nSPS) is 23.1. The van der Waals surface area contributed by atoms with E-state index in [-0.39, 0.29) is 47.6 Å². The van der Waals surface area contributed by atoms with Gasteiger partial charge in [-0.2, -0.15) is 4.98 Å². The van der Waals surface area contributed by atoms with Gasteiger partial charge in [-0.1, -0.05) is 0 Å². The molecule has 0 aliphatic carbocycles. The Morgan fingerprint density at radius 1 is 1.29 bits per heavy atom. The standard InChI is InChI=1S/C17H19N4O8P.Na/c1-7-3-9-10(4-8(7)2)21(15-13(18-9)16(24)20-17(25)19-15)5-11(22)14(23)12-6-28-30(26,27)29-12;/h3-4,11-12,14,22-23H,5-6H2,1-2H3,(H,26,27)(H,20,24,25);/q;+1/p-1/t11-,12+,14-;/m0./s1. The van der Waals surface area contributed by atoms with Gasteiger partial charge < -0.3 is 28.7 Å². The Kier molecular flexibility index (Phi) is 6.87. The van der Waals surface area contributed by atoms with Gasteiger partial charge in [0.25, 0.3) is 13.4 Å². The molecule has 1 aromatic carbocycles. The summed E-state index contributed by atoms with van der Waals surface area (Å²) >= 11 is 0. The fraction of sp³-hybridized carbons (Fsp3) is 0.412. The molecule has 0 bridgehead atoms. The number of aryl methyl sites for hydroxylation is 2. The number of nitrogens with zero attached hydrogens (tertiary/aromatic N) is 3. The van der Waals surface area contributed by atoms with Gasteiger partial charge >= 0.3 is 35.2 Å². The maximum Gasteiger partial charge on any atom is 1.00 e. The van der Waals surface area contributed by atoms with Gasteiger partial charge in [0.15, 0.2) is 11.5 Å². The molecule has 1 saturated heterocycles. The Bertz CT molecular complexity index is 1280. The molecule has 1 aromatic rings. The molecule has 3 N–H and O–H groups in total. The largest absolute Gasteiger partial charge is 1.00 e. The summed E-state index contributed by atoms with van der Waals surface area (Å²) in [6.45, 7) is 2.96. The van der Waals surface area contributed by atoms with Crippen molar-refractivity contribution in [1.29, 1.82) is 0 Å². The molecule has 0 saturated carbocycles. The molecule has 12 nitrogen and oxygen atoms in total. The van der Waals surface area contributed by atoms with Crippen molar-refractivity contribution in [3.8, 4) is 11.5 Å². The van der Waals surface area contributed by atoms with E-state index < -0.39 is 44.0 Å². The topological polar surface area (TPSA) is 180 Å². The maximum absolute atomic E-state index is 12.3. The molecule has 4 rings (SSSR count). The molecule has 31 heavy (non-hydrogen) atoms. The van der Waals surface area contributed by atoms with Gasteiger partial charge in [0.05, 0.1) is 24.2 Å². The van der Waals surface area contributed by atoms with Crippen LogP contribution in [0.3, 0.4) is 0 Å². The summed E-state index contributed by atoms with van der Waals surface area (Å²) in [6.07, 6.45) is -4.45. The smallest absolute Gasteiger partial charge is 0.756 e. The van der Waals surface area contributed by atoms with Crippen LogP contribution in [0.1, 0.15) is 11.1 Å². The predicted molar refractivity (Wildman–Crippen MR) is 101 cm³/mol. The molecule has 0 spiro atoms. The zero-order chi connectivity index (χ0) is 21.8. The van der Waals surface area contributed by atoms with Gasteiger partial charge in [0.2, 0.25) is 0 Å². The molecule has 3 aliphatic heterocycles. The van der Waals surface area contributed by atoms with Gasteiger partial charge in [-0.25, -0.2) is 9.78 Å². The zero-order valence-corrected chi connectivity index (χ0v) is 19.8. The van der Waals surface area contributed by atoms with Crippen LogP contribution in [0.15, 0.2) is 21.7 Å². The number of phosphoric ester groups is 1. The third-order valence-corrected chi connectivity index (χ3v) is 6.02. The van der Waals surface area contributed by atoms with Crippen LogP contribution in [0.2, 0.25) is 0 Å². The molecule has 4 atom stereocenters. The number of aromatic amines is 1. The summed E-state index contributed by atoms with van der Waals surface area (Å²) in [4.78, 5) is 45.5. The Hall–Kier alpha value is -1.47. The summed E-state index contributed by atoms with van der Waals surface area (Å²) < 4.78 is 21.8. The van der Waals surface area contributed by atoms with Gasteiger partial charge in [0.1, 0.15) is 18.3 Å². The second-order valence-electron chi connectivity index (χ2n) is 7.14. The van der Waals surface area contributed by atoms with Crippen LogP contribution in [-0.2, 0) is 20.2 Å². The molecule has 0 radical (unpaired) electrons. The number of hydrogen-bond donors (Lipinski definition) is 3. The molecule has 14 heteroatoms. The number of phosphoric acid groups is 1. The number of aliphatic hydroxyl groups excluding tert-OH is 2. The Balaban J connectivity index is 0.00000272. The third-order valence-electron chi connectivity index (χ3n) is 5.03. The maximum atomic E-state index is 12.3. The molecule has 0 aromatic heterocycles. The summed E-state index contributed by atoms with van der Waals surface area (Å²) in [6, 6.07) is 3.50. The number of benzene rings is 1. The molecule has 1 fully saturated rings. The SMILES string of the molecule is Cc1cc2nc3c(=O)[nH]c(=O)nc-3n(C[C@H](O)[C@H](O)[C@H]3COP(=O)([O-])O3)c2cc1C.[Na+]. The van der Waals surface area contributed by atoms with E-state index in [4.69, 9.17) is 0 Å². The fourth-order valence-corrected chi connectivity index (χ4v) is 4.24. The second-order valence-corrected chi connectivity index (χ2v) is 8.50. The van der Waals surface area contributed by atoms with Crippen molar-refractivity contribution in [2.75, 3.05) is 6.61 Å². The number of aliphatic hydroxyl groups is 2. The summed E-state index contributed by atoms with van der Waals surface area (Å²) in [5.74, 6) is -0.0798. The van der Waals surface area contributed by atoms with Crippen molar-refractivity contribution in [2.24, 2.45) is 0 Å². The summed E-state index contributed by atoms with van der Waals surface area (Å²) in [5, 5.41) is 20.9. The molecular weight excluding hydrogens is 442 g/mol. The first-order chi connectivity index (χ1) is 14.1. The number of aromatic nitrogens is 4. The number of hydrogen-bond acceptors (Lipinski definition) is 10. The van der Waals surface area contributed by atoms with Crippen LogP contribution in [-0.4, -0.2) is 54.7 Å². The van der Waals surface area contributed by atoms with E-state index >= 15 is 0 Å². The Labute approximate surface area is 197 Å². The van der Waals surface area contributed by atoms with E-state index in [0.717, 1.165) is 11.1 Å². The monoisotopic (exact) mass is 460 g/mol. The minimum absolute atomic E-state index is 0. The quantitative estimate of drug-likeness (QED) is 0.196. The molecule has 3 aliphatic rings. The number of H-pyrrole nitrogens is 1. The van der Waals surface area contributed by atoms with Crippen LogP contribution in [0, 0.1) is 13.8 Å². The minimum Gasteiger partial charge on any atom is -0.756 e. The van der Waals surface area contributed by atoms with Gasteiger partial charge in [-0.3, -0.25) is 14.3 Å². The van der Waals surface area contributed by atoms with Crippen LogP contribution < -0.4 is 45.7 Å². The number of fused-ring (bicyclic) bond motifs is 2. The van der Waals surface area contributed by atoms with Crippen molar-refractivity contribution >= 4 is 18.9 Å². The van der Waals surface area contributed by atoms with Crippen molar-refractivity contribution in [3.63, 3.8) is 0 Å². The zero-order valence-electron chi connectivity index (χ0n) is 16.9. The van der Waals surface area contributed by atoms with E-state index in [1.165, 1.54) is 4.57 Å². The van der Waals surface area contributed by atoms with Gasteiger partial charge in [-0.05, 0) is 37.1 Å². The fourth-order valence-electron chi connectivity index (χ4n) is 3.33. The first-order valence-electron chi connectivity index (χ1n) is 8.98. The van der Waals surface area contributed by atoms with E-state index in [0.29, 0.717) is 11.0 Å². The summed E-state index contributed by atoms with van der Waals surface area (Å²) in [7, 11) is -4.52. The number of nitrogens with one attached hydrogen (secondary N) is 1. The molecule has 0 amide bonds. The van der Waals surface area contributed by atoms with Gasteiger partial charge in [0, 0.05) is 0 Å². The Morgan fingerprint density at radius 3 is 2.61 bits per heavy atom. The second kappa shape index (κ2) is 8.81. The van der Waals surface area contributed by atoms with E-state index in [2.05, 4.69) is 19.0 Å². The van der Waals surface area contributed by atoms with E-state index in [9.17, 15) is 29.3 Å². The third kappa shape index (κ3) is 4.68. The van der Waals surface area contributed by atoms with Gasteiger partial charge in [-0.15, -0.1) is 0 Å². The molecule has 160 valence electrons. The van der Waals surface area contributed by atoms with E-state index in [1.54, 1.807) is 12.1 Å².